The van der Waals surface area contributed by atoms with Crippen molar-refractivity contribution in [2.24, 2.45) is 0 Å². The van der Waals surface area contributed by atoms with Crippen molar-refractivity contribution in [1.29, 1.82) is 0 Å². The first-order valence-electron chi connectivity index (χ1n) is 10.3. The largest absolute Gasteiger partial charge is 0.353 e. The smallest absolute Gasteiger partial charge is 0.222 e. The molecule has 0 unspecified atom stereocenters. The number of hydrogen-bond acceptors (Lipinski definition) is 4. The van der Waals surface area contributed by atoms with Crippen molar-refractivity contribution in [3.05, 3.63) is 78.4 Å². The van der Waals surface area contributed by atoms with Gasteiger partial charge in [-0.2, -0.15) is 0 Å². The number of halogens is 1. The van der Waals surface area contributed by atoms with Gasteiger partial charge in [-0.15, -0.1) is 0 Å². The molecule has 2 aromatic carbocycles. The molecule has 1 amide bonds. The highest BCUT2D eigenvalue weighted by Gasteiger charge is 2.22. The van der Waals surface area contributed by atoms with Crippen molar-refractivity contribution in [3.63, 3.8) is 0 Å². The number of benzene rings is 2. The zero-order chi connectivity index (χ0) is 20.8. The van der Waals surface area contributed by atoms with Crippen molar-refractivity contribution in [2.75, 3.05) is 31.1 Å². The van der Waals surface area contributed by atoms with Gasteiger partial charge in [0.15, 0.2) is 0 Å². The molecule has 0 aliphatic carbocycles. The summed E-state index contributed by atoms with van der Waals surface area (Å²) in [5, 5.41) is 0. The quantitative estimate of drug-likeness (QED) is 0.624. The third kappa shape index (κ3) is 5.00. The van der Waals surface area contributed by atoms with Crippen LogP contribution >= 0.6 is 0 Å². The fourth-order valence-electron chi connectivity index (χ4n) is 3.73. The number of amides is 1. The lowest BCUT2D eigenvalue weighted by atomic mass is 10.1. The maximum absolute atomic E-state index is 13.2. The Labute approximate surface area is 176 Å². The Morgan fingerprint density at radius 1 is 0.933 bits per heavy atom. The number of hydrogen-bond donors (Lipinski definition) is 0. The van der Waals surface area contributed by atoms with Crippen LogP contribution in [-0.2, 0) is 11.2 Å². The Bertz CT molecular complexity index is 970. The molecular formula is C24H25FN4O. The van der Waals surface area contributed by atoms with Gasteiger partial charge in [0.25, 0.3) is 0 Å². The van der Waals surface area contributed by atoms with Gasteiger partial charge < -0.3 is 9.80 Å². The number of nitrogens with zero attached hydrogens (tertiary/aromatic N) is 4. The molecule has 3 aromatic rings. The number of piperazine rings is 1. The van der Waals surface area contributed by atoms with Crippen LogP contribution in [0.5, 0.6) is 0 Å². The molecule has 0 spiro atoms. The van der Waals surface area contributed by atoms with E-state index in [1.165, 1.54) is 24.0 Å². The summed E-state index contributed by atoms with van der Waals surface area (Å²) in [5.41, 5.74) is 2.89. The summed E-state index contributed by atoms with van der Waals surface area (Å²) in [4.78, 5) is 25.4. The van der Waals surface area contributed by atoms with Gasteiger partial charge in [0.05, 0.1) is 5.69 Å². The van der Waals surface area contributed by atoms with Crippen LogP contribution < -0.4 is 4.90 Å². The lowest BCUT2D eigenvalue weighted by molar-refractivity contribution is -0.131. The SMILES string of the molecule is O=C(CCCc1ccccc1)N1CCN(c2cc(-c3ccc(F)cc3)ncn2)CC1. The van der Waals surface area contributed by atoms with Crippen LogP contribution in [0.15, 0.2) is 67.0 Å². The first kappa shape index (κ1) is 20.0. The summed E-state index contributed by atoms with van der Waals surface area (Å²) < 4.78 is 13.2. The van der Waals surface area contributed by atoms with Crippen molar-refractivity contribution in [3.8, 4) is 11.3 Å². The maximum Gasteiger partial charge on any atom is 0.222 e. The molecule has 154 valence electrons. The molecule has 1 aliphatic rings. The van der Waals surface area contributed by atoms with Crippen LogP contribution in [0.25, 0.3) is 11.3 Å². The van der Waals surface area contributed by atoms with Gasteiger partial charge in [-0.1, -0.05) is 30.3 Å². The minimum Gasteiger partial charge on any atom is -0.353 e. The molecule has 0 radical (unpaired) electrons. The molecule has 4 rings (SSSR count). The molecule has 1 fully saturated rings. The third-order valence-electron chi connectivity index (χ3n) is 5.45. The molecule has 5 nitrogen and oxygen atoms in total. The predicted molar refractivity (Wildman–Crippen MR) is 116 cm³/mol. The van der Waals surface area contributed by atoms with Gasteiger partial charge in [-0.3, -0.25) is 4.79 Å². The number of carbonyl (C=O) groups is 1. The van der Waals surface area contributed by atoms with Crippen molar-refractivity contribution < 1.29 is 9.18 Å². The summed E-state index contributed by atoms with van der Waals surface area (Å²) in [5.74, 6) is 0.790. The monoisotopic (exact) mass is 404 g/mol. The molecule has 0 N–H and O–H groups in total. The summed E-state index contributed by atoms with van der Waals surface area (Å²) >= 11 is 0. The van der Waals surface area contributed by atoms with E-state index >= 15 is 0 Å². The summed E-state index contributed by atoms with van der Waals surface area (Å²) in [7, 11) is 0. The van der Waals surface area contributed by atoms with Gasteiger partial charge in [-0.05, 0) is 42.7 Å². The van der Waals surface area contributed by atoms with Crippen molar-refractivity contribution in [1.82, 2.24) is 14.9 Å². The van der Waals surface area contributed by atoms with Crippen LogP contribution in [0.3, 0.4) is 0 Å². The van der Waals surface area contributed by atoms with Gasteiger partial charge in [0, 0.05) is 44.2 Å². The Balaban J connectivity index is 1.29. The minimum atomic E-state index is -0.266. The zero-order valence-electron chi connectivity index (χ0n) is 16.9. The fraction of sp³-hybridized carbons (Fsp3) is 0.292. The molecule has 6 heteroatoms. The maximum atomic E-state index is 13.2. The second-order valence-electron chi connectivity index (χ2n) is 7.48. The highest BCUT2D eigenvalue weighted by atomic mass is 19.1. The first-order valence-corrected chi connectivity index (χ1v) is 10.3. The molecule has 1 aromatic heterocycles. The second kappa shape index (κ2) is 9.48. The number of aromatic nitrogens is 2. The summed E-state index contributed by atoms with van der Waals surface area (Å²) in [6.07, 6.45) is 3.92. The Kier molecular flexibility index (Phi) is 6.32. The van der Waals surface area contributed by atoms with E-state index in [0.717, 1.165) is 43.0 Å². The first-order chi connectivity index (χ1) is 14.7. The lowest BCUT2D eigenvalue weighted by Crippen LogP contribution is -2.49. The molecule has 30 heavy (non-hydrogen) atoms. The van der Waals surface area contributed by atoms with Crippen LogP contribution in [0.1, 0.15) is 18.4 Å². The topological polar surface area (TPSA) is 49.3 Å². The average molecular weight is 404 g/mol. The molecule has 0 atom stereocenters. The van der Waals surface area contributed by atoms with Crippen molar-refractivity contribution >= 4 is 11.7 Å². The number of aryl methyl sites for hydroxylation is 1. The molecule has 1 saturated heterocycles. The second-order valence-corrected chi connectivity index (χ2v) is 7.48. The predicted octanol–water partition coefficient (Wildman–Crippen LogP) is 3.95. The Hall–Kier alpha value is -3.28. The Morgan fingerprint density at radius 3 is 2.40 bits per heavy atom. The molecular weight excluding hydrogens is 379 g/mol. The third-order valence-corrected chi connectivity index (χ3v) is 5.45. The van der Waals surface area contributed by atoms with Crippen LogP contribution in [0.4, 0.5) is 10.2 Å². The molecule has 2 heterocycles. The Morgan fingerprint density at radius 2 is 1.67 bits per heavy atom. The van der Waals surface area contributed by atoms with Crippen LogP contribution in [0.2, 0.25) is 0 Å². The number of anilines is 1. The zero-order valence-corrected chi connectivity index (χ0v) is 16.9. The highest BCUT2D eigenvalue weighted by Crippen LogP contribution is 2.22. The number of rotatable bonds is 6. The van der Waals surface area contributed by atoms with E-state index in [1.807, 2.05) is 29.2 Å². The van der Waals surface area contributed by atoms with E-state index in [9.17, 15) is 9.18 Å². The van der Waals surface area contributed by atoms with E-state index < -0.39 is 0 Å². The lowest BCUT2D eigenvalue weighted by Gasteiger charge is -2.35. The van der Waals surface area contributed by atoms with E-state index in [0.29, 0.717) is 19.5 Å². The van der Waals surface area contributed by atoms with Crippen LogP contribution in [-0.4, -0.2) is 47.0 Å². The molecule has 0 saturated carbocycles. The molecule has 1 aliphatic heterocycles. The summed E-state index contributed by atoms with van der Waals surface area (Å²) in [6.45, 7) is 2.87. The van der Waals surface area contributed by atoms with Crippen LogP contribution in [0, 0.1) is 5.82 Å². The van der Waals surface area contributed by atoms with Crippen molar-refractivity contribution in [2.45, 2.75) is 19.3 Å². The van der Waals surface area contributed by atoms with E-state index in [1.54, 1.807) is 12.1 Å². The fourth-order valence-corrected chi connectivity index (χ4v) is 3.73. The van der Waals surface area contributed by atoms with E-state index in [-0.39, 0.29) is 11.7 Å². The molecule has 0 bridgehead atoms. The minimum absolute atomic E-state index is 0.222. The van der Waals surface area contributed by atoms with Gasteiger partial charge in [0.1, 0.15) is 18.0 Å². The van der Waals surface area contributed by atoms with Gasteiger partial charge >= 0.3 is 0 Å². The van der Waals surface area contributed by atoms with E-state index in [4.69, 9.17) is 0 Å². The van der Waals surface area contributed by atoms with Gasteiger partial charge in [-0.25, -0.2) is 14.4 Å². The standard InChI is InChI=1S/C24H25FN4O/c25-21-11-9-20(10-12-21)22-17-23(27-18-26-22)28-13-15-29(16-14-28)24(30)8-4-7-19-5-2-1-3-6-19/h1-3,5-6,9-12,17-18H,4,7-8,13-16H2. The highest BCUT2D eigenvalue weighted by molar-refractivity contribution is 5.76. The van der Waals surface area contributed by atoms with E-state index in [2.05, 4.69) is 27.0 Å². The summed E-state index contributed by atoms with van der Waals surface area (Å²) in [6, 6.07) is 18.5. The number of carbonyl (C=O) groups excluding carboxylic acids is 1. The normalized spacial score (nSPS) is 14.0. The average Bonchev–Trinajstić information content (AvgIpc) is 2.80. The van der Waals surface area contributed by atoms with Gasteiger partial charge in [0.2, 0.25) is 5.91 Å².